The molecular formula is C26H20N2O5. The number of carbonyl (C=O) groups excluding carboxylic acids is 2. The van der Waals surface area contributed by atoms with E-state index in [0.717, 1.165) is 0 Å². The normalized spacial score (nSPS) is 11.8. The average Bonchev–Trinajstić information content (AvgIpc) is 2.83. The summed E-state index contributed by atoms with van der Waals surface area (Å²) in [6.07, 6.45) is 1.27. The Bertz CT molecular complexity index is 1220. The van der Waals surface area contributed by atoms with Gasteiger partial charge in [0.05, 0.1) is 0 Å². The van der Waals surface area contributed by atoms with E-state index in [1.807, 2.05) is 6.07 Å². The number of ketones is 1. The fourth-order valence-corrected chi connectivity index (χ4v) is 3.11. The summed E-state index contributed by atoms with van der Waals surface area (Å²) in [7, 11) is 0. The zero-order chi connectivity index (χ0) is 23.8. The SMILES string of the molecule is N#CC(=Cc1ccc(O)cc1)C(=O)N[C@@H](Cc1ccc(C(=O)c2ccccc2)cc1)C(=O)O. The molecule has 7 heteroatoms. The molecule has 1 atom stereocenters. The predicted octanol–water partition coefficient (Wildman–Crippen LogP) is 3.34. The summed E-state index contributed by atoms with van der Waals surface area (Å²) in [6.45, 7) is 0. The lowest BCUT2D eigenvalue weighted by Crippen LogP contribution is -2.42. The molecule has 1 amide bonds. The van der Waals surface area contributed by atoms with Crippen LogP contribution in [0, 0.1) is 11.3 Å². The molecule has 0 radical (unpaired) electrons. The van der Waals surface area contributed by atoms with Gasteiger partial charge in [-0.15, -0.1) is 0 Å². The van der Waals surface area contributed by atoms with Crippen LogP contribution >= 0.6 is 0 Å². The van der Waals surface area contributed by atoms with Crippen molar-refractivity contribution < 1.29 is 24.6 Å². The summed E-state index contributed by atoms with van der Waals surface area (Å²) in [6, 6.07) is 21.6. The predicted molar refractivity (Wildman–Crippen MR) is 121 cm³/mol. The van der Waals surface area contributed by atoms with E-state index < -0.39 is 17.9 Å². The summed E-state index contributed by atoms with van der Waals surface area (Å²) in [5, 5.41) is 30.6. The fourth-order valence-electron chi connectivity index (χ4n) is 3.11. The van der Waals surface area contributed by atoms with Crippen LogP contribution in [0.4, 0.5) is 0 Å². The number of benzene rings is 3. The maximum absolute atomic E-state index is 12.5. The minimum Gasteiger partial charge on any atom is -0.508 e. The van der Waals surface area contributed by atoms with Crippen LogP contribution in [0.3, 0.4) is 0 Å². The highest BCUT2D eigenvalue weighted by molar-refractivity contribution is 6.09. The molecule has 0 bridgehead atoms. The van der Waals surface area contributed by atoms with Gasteiger partial charge in [-0.05, 0) is 29.3 Å². The number of phenols is 1. The van der Waals surface area contributed by atoms with Gasteiger partial charge >= 0.3 is 5.97 Å². The number of nitrogens with zero attached hydrogens (tertiary/aromatic N) is 1. The summed E-state index contributed by atoms with van der Waals surface area (Å²) >= 11 is 0. The quantitative estimate of drug-likeness (QED) is 0.280. The van der Waals surface area contributed by atoms with Gasteiger partial charge in [-0.3, -0.25) is 9.59 Å². The van der Waals surface area contributed by atoms with Gasteiger partial charge in [-0.25, -0.2) is 4.79 Å². The van der Waals surface area contributed by atoms with E-state index in [2.05, 4.69) is 5.32 Å². The van der Waals surface area contributed by atoms with E-state index in [4.69, 9.17) is 0 Å². The smallest absolute Gasteiger partial charge is 0.326 e. The van der Waals surface area contributed by atoms with Crippen molar-refractivity contribution in [1.29, 1.82) is 5.26 Å². The molecule has 7 nitrogen and oxygen atoms in total. The van der Waals surface area contributed by atoms with Crippen molar-refractivity contribution in [2.45, 2.75) is 12.5 Å². The van der Waals surface area contributed by atoms with Gasteiger partial charge in [0.2, 0.25) is 0 Å². The zero-order valence-electron chi connectivity index (χ0n) is 17.4. The highest BCUT2D eigenvalue weighted by Gasteiger charge is 2.22. The standard InChI is InChI=1S/C26H20N2O5/c27-16-21(14-17-8-12-22(29)13-9-17)25(31)28-23(26(32)33)15-18-6-10-20(11-7-18)24(30)19-4-2-1-3-5-19/h1-14,23,29H,15H2,(H,28,31)(H,32,33)/t23-/m0/s1. The Morgan fingerprint density at radius 3 is 2.09 bits per heavy atom. The molecule has 3 aromatic rings. The first-order chi connectivity index (χ1) is 15.9. The maximum atomic E-state index is 12.5. The molecule has 0 saturated heterocycles. The van der Waals surface area contributed by atoms with Crippen molar-refractivity contribution in [1.82, 2.24) is 5.32 Å². The topological polar surface area (TPSA) is 127 Å². The number of aromatic hydroxyl groups is 1. The summed E-state index contributed by atoms with van der Waals surface area (Å²) in [5.74, 6) is -2.19. The largest absolute Gasteiger partial charge is 0.508 e. The lowest BCUT2D eigenvalue weighted by Gasteiger charge is -2.14. The number of aliphatic carboxylic acids is 1. The van der Waals surface area contributed by atoms with Crippen molar-refractivity contribution in [3.8, 4) is 11.8 Å². The molecule has 0 fully saturated rings. The van der Waals surface area contributed by atoms with Crippen molar-refractivity contribution >= 4 is 23.7 Å². The number of rotatable bonds is 8. The molecule has 0 saturated carbocycles. The number of hydrogen-bond acceptors (Lipinski definition) is 5. The molecule has 0 unspecified atom stereocenters. The van der Waals surface area contributed by atoms with Crippen LogP contribution in [0.25, 0.3) is 6.08 Å². The van der Waals surface area contributed by atoms with Gasteiger partial charge in [0, 0.05) is 17.5 Å². The first kappa shape index (κ1) is 23.0. The van der Waals surface area contributed by atoms with Gasteiger partial charge in [-0.1, -0.05) is 66.7 Å². The molecule has 0 heterocycles. The Balaban J connectivity index is 1.71. The highest BCUT2D eigenvalue weighted by atomic mass is 16.4. The van der Waals surface area contributed by atoms with Crippen LogP contribution in [0.15, 0.2) is 84.4 Å². The Kier molecular flexibility index (Phi) is 7.35. The van der Waals surface area contributed by atoms with Crippen LogP contribution in [0.5, 0.6) is 5.75 Å². The number of amides is 1. The van der Waals surface area contributed by atoms with E-state index >= 15 is 0 Å². The van der Waals surface area contributed by atoms with Crippen LogP contribution in [-0.2, 0) is 16.0 Å². The molecule has 0 aromatic heterocycles. The number of phenolic OH excluding ortho intramolecular Hbond substituents is 1. The fraction of sp³-hybridized carbons (Fsp3) is 0.0769. The Morgan fingerprint density at radius 1 is 0.909 bits per heavy atom. The molecule has 0 aliphatic carbocycles. The van der Waals surface area contributed by atoms with E-state index in [1.54, 1.807) is 54.6 Å². The number of nitrogens with one attached hydrogen (secondary N) is 1. The van der Waals surface area contributed by atoms with Gasteiger partial charge in [0.25, 0.3) is 5.91 Å². The second-order valence-electron chi connectivity index (χ2n) is 7.22. The lowest BCUT2D eigenvalue weighted by molar-refractivity contribution is -0.141. The van der Waals surface area contributed by atoms with Crippen LogP contribution < -0.4 is 5.32 Å². The third kappa shape index (κ3) is 6.15. The number of nitriles is 1. The van der Waals surface area contributed by atoms with E-state index in [9.17, 15) is 29.9 Å². The Hall–Kier alpha value is -4.70. The highest BCUT2D eigenvalue weighted by Crippen LogP contribution is 2.14. The second kappa shape index (κ2) is 10.6. The van der Waals surface area contributed by atoms with Crippen molar-refractivity contribution in [3.05, 3.63) is 107 Å². The van der Waals surface area contributed by atoms with Crippen molar-refractivity contribution in [3.63, 3.8) is 0 Å². The molecule has 3 rings (SSSR count). The van der Waals surface area contributed by atoms with E-state index in [-0.39, 0.29) is 23.5 Å². The summed E-state index contributed by atoms with van der Waals surface area (Å²) in [4.78, 5) is 36.7. The third-order valence-electron chi connectivity index (χ3n) is 4.86. The van der Waals surface area contributed by atoms with Gasteiger partial charge in [0.1, 0.15) is 23.4 Å². The number of carbonyl (C=O) groups is 3. The van der Waals surface area contributed by atoms with Crippen LogP contribution in [-0.4, -0.2) is 33.9 Å². The van der Waals surface area contributed by atoms with Crippen molar-refractivity contribution in [2.24, 2.45) is 0 Å². The number of carboxylic acid groups (broad SMARTS) is 1. The minimum absolute atomic E-state index is 0.0290. The van der Waals surface area contributed by atoms with E-state index in [1.165, 1.54) is 30.3 Å². The monoisotopic (exact) mass is 440 g/mol. The van der Waals surface area contributed by atoms with Crippen LogP contribution in [0.1, 0.15) is 27.0 Å². The second-order valence-corrected chi connectivity index (χ2v) is 7.22. The molecular weight excluding hydrogens is 420 g/mol. The molecule has 3 N–H and O–H groups in total. The minimum atomic E-state index is -1.27. The maximum Gasteiger partial charge on any atom is 0.326 e. The molecule has 0 aliphatic rings. The Labute approximate surface area is 190 Å². The van der Waals surface area contributed by atoms with E-state index in [0.29, 0.717) is 22.3 Å². The molecule has 164 valence electrons. The summed E-state index contributed by atoms with van der Waals surface area (Å²) < 4.78 is 0. The third-order valence-corrected chi connectivity index (χ3v) is 4.86. The number of carboxylic acids is 1. The molecule has 3 aromatic carbocycles. The first-order valence-electron chi connectivity index (χ1n) is 10.0. The Morgan fingerprint density at radius 2 is 1.52 bits per heavy atom. The lowest BCUT2D eigenvalue weighted by atomic mass is 9.99. The van der Waals surface area contributed by atoms with Crippen LogP contribution in [0.2, 0.25) is 0 Å². The molecule has 0 spiro atoms. The average molecular weight is 440 g/mol. The number of hydrogen-bond donors (Lipinski definition) is 3. The molecule has 0 aliphatic heterocycles. The summed E-state index contributed by atoms with van der Waals surface area (Å²) in [5.41, 5.74) is 1.85. The zero-order valence-corrected chi connectivity index (χ0v) is 17.4. The van der Waals surface area contributed by atoms with Gasteiger partial charge < -0.3 is 15.5 Å². The molecule has 33 heavy (non-hydrogen) atoms. The van der Waals surface area contributed by atoms with Gasteiger partial charge in [-0.2, -0.15) is 5.26 Å². The first-order valence-corrected chi connectivity index (χ1v) is 10.0. The van der Waals surface area contributed by atoms with Gasteiger partial charge in [0.15, 0.2) is 5.78 Å². The van der Waals surface area contributed by atoms with Crippen molar-refractivity contribution in [2.75, 3.05) is 0 Å².